The highest BCUT2D eigenvalue weighted by molar-refractivity contribution is 5.77. The van der Waals surface area contributed by atoms with Crippen molar-refractivity contribution >= 4 is 17.9 Å². The van der Waals surface area contributed by atoms with E-state index in [9.17, 15) is 29.7 Å². The van der Waals surface area contributed by atoms with E-state index >= 15 is 0 Å². The van der Waals surface area contributed by atoms with E-state index in [1.54, 1.807) is 26.8 Å². The molecule has 0 aliphatic rings. The third kappa shape index (κ3) is 14.1. The maximum absolute atomic E-state index is 12.2. The molecule has 0 aliphatic heterocycles. The third-order valence-corrected chi connectivity index (χ3v) is 8.56. The Bertz CT molecular complexity index is 652. The lowest BCUT2D eigenvalue weighted by Gasteiger charge is -2.51. The van der Waals surface area contributed by atoms with Gasteiger partial charge in [-0.2, -0.15) is 0 Å². The Morgan fingerprint density at radius 1 is 0.575 bits per heavy atom. The molecule has 0 aliphatic carbocycles. The van der Waals surface area contributed by atoms with Crippen molar-refractivity contribution in [3.05, 3.63) is 12.2 Å². The summed E-state index contributed by atoms with van der Waals surface area (Å²) >= 11 is 0. The minimum atomic E-state index is -1.40. The molecule has 0 saturated carbocycles. The highest BCUT2D eigenvalue weighted by Gasteiger charge is 2.53. The number of carbonyl (C=O) groups excluding carboxylic acids is 1. The fourth-order valence-corrected chi connectivity index (χ4v) is 6.36. The lowest BCUT2D eigenvalue weighted by molar-refractivity contribution is -0.969. The van der Waals surface area contributed by atoms with Gasteiger partial charge in [0.05, 0.1) is 12.5 Å². The topological polar surface area (TPSA) is 115 Å². The first-order chi connectivity index (χ1) is 19.2. The Labute approximate surface area is 245 Å². The Hall–Kier alpha value is -1.89. The molecule has 3 atom stereocenters. The van der Waals surface area contributed by atoms with Crippen LogP contribution in [0.1, 0.15) is 156 Å². The van der Waals surface area contributed by atoms with Crippen molar-refractivity contribution in [2.45, 2.75) is 174 Å². The van der Waals surface area contributed by atoms with Crippen molar-refractivity contribution in [2.24, 2.45) is 0 Å². The molecule has 0 aromatic heterocycles. The van der Waals surface area contributed by atoms with Gasteiger partial charge in [0, 0.05) is 19.3 Å². The predicted octanol–water partition coefficient (Wildman–Crippen LogP) is 7.27. The van der Waals surface area contributed by atoms with E-state index in [4.69, 9.17) is 0 Å². The van der Waals surface area contributed by atoms with Gasteiger partial charge >= 0.3 is 11.9 Å². The molecular formula is C33H61NO6. The van der Waals surface area contributed by atoms with Gasteiger partial charge in [-0.1, -0.05) is 130 Å². The van der Waals surface area contributed by atoms with Crippen LogP contribution in [0.5, 0.6) is 0 Å². The fraction of sp³-hybridized carbons (Fsp3) is 0.848. The first kappa shape index (κ1) is 38.1. The predicted molar refractivity (Wildman–Crippen MR) is 161 cm³/mol. The molecule has 7 nitrogen and oxygen atoms in total. The summed E-state index contributed by atoms with van der Waals surface area (Å²) < 4.78 is -0.550. The number of nitrogens with zero attached hydrogens (tertiary/aromatic N) is 1. The maximum Gasteiger partial charge on any atom is 0.362 e. The van der Waals surface area contributed by atoms with Crippen LogP contribution in [0.4, 0.5) is 0 Å². The van der Waals surface area contributed by atoms with Crippen molar-refractivity contribution in [3.8, 4) is 0 Å². The molecule has 0 spiro atoms. The molecule has 3 unspecified atom stereocenters. The number of carbonyl (C=O) groups is 3. The fourth-order valence-electron chi connectivity index (χ4n) is 6.36. The Kier molecular flexibility index (Phi) is 22.7. The number of carboxylic acids is 3. The van der Waals surface area contributed by atoms with Gasteiger partial charge in [0.2, 0.25) is 0 Å². The summed E-state index contributed by atoms with van der Waals surface area (Å²) in [7, 11) is 0. The quantitative estimate of drug-likeness (QED) is 0.0584. The van der Waals surface area contributed by atoms with Crippen LogP contribution in [0, 0.1) is 0 Å². The van der Waals surface area contributed by atoms with Gasteiger partial charge < -0.3 is 20.1 Å². The Morgan fingerprint density at radius 3 is 1.23 bits per heavy atom. The third-order valence-electron chi connectivity index (χ3n) is 8.56. The van der Waals surface area contributed by atoms with E-state index in [-0.39, 0.29) is 25.8 Å². The van der Waals surface area contributed by atoms with Gasteiger partial charge in [-0.3, -0.25) is 4.48 Å². The van der Waals surface area contributed by atoms with Crippen molar-refractivity contribution in [2.75, 3.05) is 6.54 Å². The second-order valence-corrected chi connectivity index (χ2v) is 11.5. The Morgan fingerprint density at radius 2 is 0.925 bits per heavy atom. The lowest BCUT2D eigenvalue weighted by atomic mass is 9.94. The number of hydrogen-bond acceptors (Lipinski definition) is 4. The second kappa shape index (κ2) is 23.8. The Balaban J connectivity index is 4.58. The maximum atomic E-state index is 12.2. The molecule has 2 N–H and O–H groups in total. The van der Waals surface area contributed by atoms with E-state index in [1.807, 2.05) is 6.08 Å². The molecule has 234 valence electrons. The summed E-state index contributed by atoms with van der Waals surface area (Å²) in [6.45, 7) is 7.29. The number of rotatable bonds is 28. The van der Waals surface area contributed by atoms with Crippen molar-refractivity contribution in [1.82, 2.24) is 0 Å². The van der Waals surface area contributed by atoms with Crippen molar-refractivity contribution in [1.29, 1.82) is 0 Å². The molecule has 0 fully saturated rings. The van der Waals surface area contributed by atoms with Crippen molar-refractivity contribution < 1.29 is 34.2 Å². The molecule has 0 heterocycles. The molecule has 0 aromatic rings. The zero-order valence-corrected chi connectivity index (χ0v) is 26.2. The van der Waals surface area contributed by atoms with Gasteiger partial charge in [0.1, 0.15) is 6.04 Å². The average molecular weight is 568 g/mol. The zero-order chi connectivity index (χ0) is 30.2. The molecule has 7 heteroatoms. The number of carboxylic acid groups (broad SMARTS) is 3. The highest BCUT2D eigenvalue weighted by atomic mass is 16.4. The molecule has 40 heavy (non-hydrogen) atoms. The zero-order valence-electron chi connectivity index (χ0n) is 26.2. The summed E-state index contributed by atoms with van der Waals surface area (Å²) in [6, 6.07) is -3.52. The first-order valence-electron chi connectivity index (χ1n) is 16.4. The summed E-state index contributed by atoms with van der Waals surface area (Å²) in [5.74, 6) is -3.74. The van der Waals surface area contributed by atoms with E-state index in [1.165, 1.54) is 89.9 Å². The van der Waals surface area contributed by atoms with Crippen LogP contribution in [0.25, 0.3) is 0 Å². The van der Waals surface area contributed by atoms with Crippen LogP contribution in [0.2, 0.25) is 0 Å². The minimum absolute atomic E-state index is 0.0426. The highest BCUT2D eigenvalue weighted by Crippen LogP contribution is 2.31. The number of quaternary nitrogens is 1. The molecule has 0 rings (SSSR count). The number of unbranched alkanes of at least 4 members (excludes halogenated alkanes) is 16. The summed E-state index contributed by atoms with van der Waals surface area (Å²) in [6.07, 6.45) is 25.9. The van der Waals surface area contributed by atoms with Gasteiger partial charge in [0.25, 0.3) is 0 Å². The van der Waals surface area contributed by atoms with Gasteiger partial charge in [-0.25, -0.2) is 9.59 Å². The van der Waals surface area contributed by atoms with E-state index in [2.05, 4.69) is 6.92 Å². The monoisotopic (exact) mass is 567 g/mol. The normalized spacial score (nSPS) is 15.5. The van der Waals surface area contributed by atoms with Crippen LogP contribution < -0.4 is 5.11 Å². The SMILES string of the molecule is CCCCCCCCCCCCCCCCCC/C=C/C[N+](C(CC)C(=O)[O-])(C(CC)C(=O)O)C(CC)C(=O)O. The average Bonchev–Trinajstić information content (AvgIpc) is 2.90. The van der Waals surface area contributed by atoms with E-state index < -0.39 is 40.5 Å². The summed E-state index contributed by atoms with van der Waals surface area (Å²) in [5.41, 5.74) is 0. The molecule has 0 bridgehead atoms. The van der Waals surface area contributed by atoms with Crippen LogP contribution in [0.15, 0.2) is 12.2 Å². The number of hydrogen-bond donors (Lipinski definition) is 2. The molecule has 0 radical (unpaired) electrons. The van der Waals surface area contributed by atoms with E-state index in [0.717, 1.165) is 19.3 Å². The van der Waals surface area contributed by atoms with Crippen LogP contribution >= 0.6 is 0 Å². The lowest BCUT2D eigenvalue weighted by Crippen LogP contribution is -2.73. The smallest absolute Gasteiger partial charge is 0.362 e. The first-order valence-corrected chi connectivity index (χ1v) is 16.4. The number of aliphatic carboxylic acids is 3. The molecule has 0 aromatic carbocycles. The second-order valence-electron chi connectivity index (χ2n) is 11.5. The molecule has 0 amide bonds. The molecular weight excluding hydrogens is 506 g/mol. The summed E-state index contributed by atoms with van der Waals surface area (Å²) in [5, 5.41) is 32.1. The van der Waals surface area contributed by atoms with Crippen LogP contribution in [-0.2, 0) is 14.4 Å². The molecule has 0 saturated heterocycles. The van der Waals surface area contributed by atoms with Gasteiger partial charge in [0.15, 0.2) is 12.1 Å². The van der Waals surface area contributed by atoms with Gasteiger partial charge in [-0.15, -0.1) is 0 Å². The largest absolute Gasteiger partial charge is 0.544 e. The summed E-state index contributed by atoms with van der Waals surface area (Å²) in [4.78, 5) is 36.6. The minimum Gasteiger partial charge on any atom is -0.544 e. The van der Waals surface area contributed by atoms with Gasteiger partial charge in [-0.05, 0) is 18.9 Å². The van der Waals surface area contributed by atoms with E-state index in [0.29, 0.717) is 0 Å². The van der Waals surface area contributed by atoms with Crippen molar-refractivity contribution in [3.63, 3.8) is 0 Å². The standard InChI is InChI=1S/C33H61NO6/c1-5-9-10-11-12-13-14-15-16-17-18-19-20-21-22-23-24-25-26-27-34(28(6-2)31(35)36,29(7-3)32(37)38)30(8-4)33(39)40/h25-26,28-30H,5-24,27H2,1-4H3,(H2-,35,36,37,38,39,40)/b26-25+. The van der Waals surface area contributed by atoms with Crippen LogP contribution in [-0.4, -0.2) is 57.3 Å². The number of allylic oxidation sites excluding steroid dienone is 1. The van der Waals surface area contributed by atoms with Crippen LogP contribution in [0.3, 0.4) is 0 Å².